The fourth-order valence-corrected chi connectivity index (χ4v) is 3.77. The van der Waals surface area contributed by atoms with E-state index in [1.54, 1.807) is 54.4 Å². The summed E-state index contributed by atoms with van der Waals surface area (Å²) in [5.74, 6) is -1.57. The number of ether oxygens (including phenoxy) is 1. The van der Waals surface area contributed by atoms with Crippen molar-refractivity contribution in [3.8, 4) is 17.0 Å². The van der Waals surface area contributed by atoms with Gasteiger partial charge in [-0.05, 0) is 42.0 Å². The van der Waals surface area contributed by atoms with Gasteiger partial charge in [-0.3, -0.25) is 14.3 Å². The van der Waals surface area contributed by atoms with Crippen molar-refractivity contribution < 1.29 is 24.0 Å². The molecule has 1 aliphatic heterocycles. The molecule has 0 N–H and O–H groups in total. The lowest BCUT2D eigenvalue weighted by molar-refractivity contribution is -0.0584. The largest absolute Gasteiger partial charge is 0.497 e. The van der Waals surface area contributed by atoms with E-state index in [0.29, 0.717) is 28.6 Å². The quantitative estimate of drug-likeness (QED) is 0.410. The number of rotatable bonds is 6. The van der Waals surface area contributed by atoms with Gasteiger partial charge in [-0.15, -0.1) is 0 Å². The highest BCUT2D eigenvalue weighted by Gasteiger charge is 2.39. The zero-order valence-corrected chi connectivity index (χ0v) is 18.2. The van der Waals surface area contributed by atoms with E-state index in [0.717, 1.165) is 5.56 Å². The Morgan fingerprint density at radius 3 is 2.09 bits per heavy atom. The van der Waals surface area contributed by atoms with Gasteiger partial charge in [0.15, 0.2) is 0 Å². The molecule has 0 fully saturated rings. The maximum atomic E-state index is 13.2. The Labute approximate surface area is 194 Å². The first-order valence-corrected chi connectivity index (χ1v) is 10.5. The second-order valence-corrected chi connectivity index (χ2v) is 7.63. The lowest BCUT2D eigenvalue weighted by atomic mass is 10.1. The summed E-state index contributed by atoms with van der Waals surface area (Å²) in [6.07, 6.45) is 1.55. The average molecular weight is 453 g/mol. The number of fused-ring (bicyclic) bond motifs is 1. The molecule has 4 aromatic rings. The van der Waals surface area contributed by atoms with Crippen LogP contribution in [-0.4, -0.2) is 39.7 Å². The maximum Gasteiger partial charge on any atom is 0.367 e. The van der Waals surface area contributed by atoms with Crippen molar-refractivity contribution in [1.29, 1.82) is 0 Å². The molecular weight excluding hydrogens is 434 g/mol. The Hall–Kier alpha value is -4.72. The van der Waals surface area contributed by atoms with Gasteiger partial charge in [0.1, 0.15) is 17.0 Å². The lowest BCUT2D eigenvalue weighted by Gasteiger charge is -2.12. The summed E-state index contributed by atoms with van der Waals surface area (Å²) in [6, 6.07) is 23.0. The monoisotopic (exact) mass is 453 g/mol. The van der Waals surface area contributed by atoms with Crippen LogP contribution in [0.2, 0.25) is 0 Å². The average Bonchev–Trinajstić information content (AvgIpc) is 3.40. The summed E-state index contributed by atoms with van der Waals surface area (Å²) in [4.78, 5) is 43.7. The zero-order chi connectivity index (χ0) is 23.7. The minimum absolute atomic E-state index is 0.123. The summed E-state index contributed by atoms with van der Waals surface area (Å²) in [5.41, 5.74) is 2.51. The van der Waals surface area contributed by atoms with E-state index in [2.05, 4.69) is 5.10 Å². The summed E-state index contributed by atoms with van der Waals surface area (Å²) >= 11 is 0. The molecule has 5 rings (SSSR count). The molecule has 8 nitrogen and oxygen atoms in total. The first-order chi connectivity index (χ1) is 16.5. The molecule has 1 aliphatic rings. The van der Waals surface area contributed by atoms with Crippen LogP contribution in [0.3, 0.4) is 0 Å². The van der Waals surface area contributed by atoms with Gasteiger partial charge >= 0.3 is 5.97 Å². The number of nitrogens with zero attached hydrogens (tertiary/aromatic N) is 3. The predicted molar refractivity (Wildman–Crippen MR) is 122 cm³/mol. The number of imide groups is 1. The van der Waals surface area contributed by atoms with Crippen LogP contribution in [0.4, 0.5) is 0 Å². The summed E-state index contributed by atoms with van der Waals surface area (Å²) in [5, 5.41) is 5.09. The van der Waals surface area contributed by atoms with Gasteiger partial charge in [0, 0.05) is 11.8 Å². The van der Waals surface area contributed by atoms with Crippen LogP contribution in [0.15, 0.2) is 85.1 Å². The lowest BCUT2D eigenvalue weighted by Crippen LogP contribution is -2.32. The Balaban J connectivity index is 1.48. The van der Waals surface area contributed by atoms with E-state index < -0.39 is 17.8 Å². The van der Waals surface area contributed by atoms with E-state index in [9.17, 15) is 14.4 Å². The number of hydroxylamine groups is 2. The van der Waals surface area contributed by atoms with Crippen LogP contribution in [0.1, 0.15) is 36.6 Å². The van der Waals surface area contributed by atoms with E-state index in [1.807, 2.05) is 30.3 Å². The van der Waals surface area contributed by atoms with Crippen molar-refractivity contribution in [2.75, 3.05) is 7.11 Å². The van der Waals surface area contributed by atoms with Crippen molar-refractivity contribution in [3.05, 3.63) is 107 Å². The molecule has 168 valence electrons. The SMILES string of the molecule is COc1ccc(-c2nn(Cc3ccccc3)cc2C(=O)ON2C(=O)c3ccccc3C2=O)cc1. The molecule has 0 spiro atoms. The van der Waals surface area contributed by atoms with E-state index in [-0.39, 0.29) is 16.7 Å². The third-order valence-electron chi connectivity index (χ3n) is 5.46. The van der Waals surface area contributed by atoms with Gasteiger partial charge < -0.3 is 9.57 Å². The molecule has 0 atom stereocenters. The summed E-state index contributed by atoms with van der Waals surface area (Å²) < 4.78 is 6.83. The van der Waals surface area contributed by atoms with Crippen LogP contribution >= 0.6 is 0 Å². The molecule has 0 aliphatic carbocycles. The highest BCUT2D eigenvalue weighted by atomic mass is 16.7. The minimum atomic E-state index is -0.861. The molecule has 8 heteroatoms. The second-order valence-electron chi connectivity index (χ2n) is 7.63. The number of methoxy groups -OCH3 is 1. The first-order valence-electron chi connectivity index (χ1n) is 10.5. The third kappa shape index (κ3) is 3.81. The van der Waals surface area contributed by atoms with E-state index in [4.69, 9.17) is 9.57 Å². The molecule has 0 radical (unpaired) electrons. The smallest absolute Gasteiger partial charge is 0.367 e. The van der Waals surface area contributed by atoms with E-state index in [1.165, 1.54) is 12.1 Å². The highest BCUT2D eigenvalue weighted by Crippen LogP contribution is 2.28. The van der Waals surface area contributed by atoms with Crippen molar-refractivity contribution in [2.24, 2.45) is 0 Å². The molecule has 0 bridgehead atoms. The fraction of sp³-hybridized carbons (Fsp3) is 0.0769. The normalized spacial score (nSPS) is 12.6. The molecular formula is C26H19N3O5. The molecule has 2 heterocycles. The standard InChI is InChI=1S/C26H19N3O5/c1-33-19-13-11-18(12-14-19)23-22(16-28(27-23)15-17-7-3-2-4-8-17)26(32)34-29-24(30)20-9-5-6-10-21(20)25(29)31/h2-14,16H,15H2,1H3. The first kappa shape index (κ1) is 21.1. The second kappa shape index (κ2) is 8.67. The molecule has 0 saturated heterocycles. The molecule has 0 unspecified atom stereocenters. The number of hydrogen-bond donors (Lipinski definition) is 0. The van der Waals surface area contributed by atoms with Gasteiger partial charge in [-0.2, -0.15) is 5.10 Å². The Morgan fingerprint density at radius 2 is 1.47 bits per heavy atom. The van der Waals surface area contributed by atoms with Crippen LogP contribution < -0.4 is 4.74 Å². The summed E-state index contributed by atoms with van der Waals surface area (Å²) in [6.45, 7) is 0.421. The molecule has 1 aromatic heterocycles. The zero-order valence-electron chi connectivity index (χ0n) is 18.2. The molecule has 0 saturated carbocycles. The molecule has 2 amide bonds. The third-order valence-corrected chi connectivity index (χ3v) is 5.46. The van der Waals surface area contributed by atoms with Gasteiger partial charge in [0.05, 0.1) is 24.8 Å². The Bertz CT molecular complexity index is 1360. The number of hydrogen-bond acceptors (Lipinski definition) is 6. The van der Waals surface area contributed by atoms with Crippen LogP contribution in [-0.2, 0) is 11.4 Å². The fourth-order valence-electron chi connectivity index (χ4n) is 3.77. The van der Waals surface area contributed by atoms with Crippen LogP contribution in [0.5, 0.6) is 5.75 Å². The van der Waals surface area contributed by atoms with Gasteiger partial charge in [0.2, 0.25) is 0 Å². The minimum Gasteiger partial charge on any atom is -0.497 e. The van der Waals surface area contributed by atoms with Crippen molar-refractivity contribution in [2.45, 2.75) is 6.54 Å². The highest BCUT2D eigenvalue weighted by molar-refractivity contribution is 6.21. The van der Waals surface area contributed by atoms with Crippen LogP contribution in [0.25, 0.3) is 11.3 Å². The number of carbonyl (C=O) groups excluding carboxylic acids is 3. The van der Waals surface area contributed by atoms with Gasteiger partial charge in [-0.25, -0.2) is 4.79 Å². The molecule has 3 aromatic carbocycles. The van der Waals surface area contributed by atoms with Gasteiger partial charge in [-0.1, -0.05) is 47.5 Å². The van der Waals surface area contributed by atoms with Crippen LogP contribution in [0, 0.1) is 0 Å². The van der Waals surface area contributed by atoms with E-state index >= 15 is 0 Å². The summed E-state index contributed by atoms with van der Waals surface area (Å²) in [7, 11) is 1.56. The number of carbonyl (C=O) groups is 3. The van der Waals surface area contributed by atoms with Gasteiger partial charge in [0.25, 0.3) is 11.8 Å². The Morgan fingerprint density at radius 1 is 0.853 bits per heavy atom. The number of aromatic nitrogens is 2. The molecule has 34 heavy (non-hydrogen) atoms. The maximum absolute atomic E-state index is 13.2. The number of amides is 2. The van der Waals surface area contributed by atoms with Crippen molar-refractivity contribution >= 4 is 17.8 Å². The predicted octanol–water partition coefficient (Wildman–Crippen LogP) is 3.98. The van der Waals surface area contributed by atoms with Crippen molar-refractivity contribution in [3.63, 3.8) is 0 Å². The van der Waals surface area contributed by atoms with Crippen molar-refractivity contribution in [1.82, 2.24) is 14.8 Å². The Kier molecular flexibility index (Phi) is 5.39. The topological polar surface area (TPSA) is 90.7 Å². The number of benzene rings is 3.